The van der Waals surface area contributed by atoms with E-state index in [2.05, 4.69) is 9.47 Å². The number of esters is 1. The smallest absolute Gasteiger partial charge is 0.387 e. The van der Waals surface area contributed by atoms with Gasteiger partial charge in [0.2, 0.25) is 0 Å². The number of carbonyl (C=O) groups excluding carboxylic acids is 1. The minimum atomic E-state index is -3.25. The number of halogens is 2. The van der Waals surface area contributed by atoms with Crippen molar-refractivity contribution >= 4 is 11.7 Å². The maximum atomic E-state index is 12.4. The van der Waals surface area contributed by atoms with E-state index in [1.807, 2.05) is 0 Å². The third-order valence-electron chi connectivity index (χ3n) is 2.37. The number of non-ortho nitro benzene ring substituents is 1. The van der Waals surface area contributed by atoms with Crippen molar-refractivity contribution < 1.29 is 28.0 Å². The summed E-state index contributed by atoms with van der Waals surface area (Å²) in [6.45, 7) is -1.63. The molecule has 0 radical (unpaired) electrons. The predicted molar refractivity (Wildman–Crippen MR) is 64.8 cm³/mol. The fourth-order valence-corrected chi connectivity index (χ4v) is 1.58. The second-order valence-electron chi connectivity index (χ2n) is 3.70. The Morgan fingerprint density at radius 2 is 2.19 bits per heavy atom. The molecule has 0 aromatic heterocycles. The van der Waals surface area contributed by atoms with Gasteiger partial charge in [0.05, 0.1) is 35.7 Å². The first-order chi connectivity index (χ1) is 9.88. The highest BCUT2D eigenvalue weighted by Gasteiger charge is 2.22. The minimum absolute atomic E-state index is 0.0682. The Morgan fingerprint density at radius 3 is 2.67 bits per heavy atom. The number of hydrogen-bond acceptors (Lipinski definition) is 6. The van der Waals surface area contributed by atoms with E-state index in [0.717, 1.165) is 12.1 Å². The van der Waals surface area contributed by atoms with Gasteiger partial charge in [0.15, 0.2) is 0 Å². The van der Waals surface area contributed by atoms with Gasteiger partial charge < -0.3 is 9.47 Å². The molecule has 0 aliphatic carbocycles. The first-order valence-corrected chi connectivity index (χ1v) is 5.70. The zero-order chi connectivity index (χ0) is 16.0. The first-order valence-electron chi connectivity index (χ1n) is 5.70. The van der Waals surface area contributed by atoms with E-state index in [9.17, 15) is 23.7 Å². The molecule has 0 N–H and O–H groups in total. The highest BCUT2D eigenvalue weighted by atomic mass is 19.3. The quantitative estimate of drug-likeness (QED) is 0.453. The summed E-state index contributed by atoms with van der Waals surface area (Å²) in [5.74, 6) is -1.36. The number of hydrogen-bond donors (Lipinski definition) is 0. The zero-order valence-corrected chi connectivity index (χ0v) is 10.8. The summed E-state index contributed by atoms with van der Waals surface area (Å²) in [6.07, 6.45) is -0.503. The van der Waals surface area contributed by atoms with Crippen LogP contribution in [0.25, 0.3) is 0 Å². The lowest BCUT2D eigenvalue weighted by molar-refractivity contribution is -0.385. The first kappa shape index (κ1) is 16.3. The van der Waals surface area contributed by atoms with Crippen LogP contribution >= 0.6 is 0 Å². The Morgan fingerprint density at radius 1 is 1.52 bits per heavy atom. The highest BCUT2D eigenvalue weighted by molar-refractivity contribution is 5.75. The van der Waals surface area contributed by atoms with E-state index in [1.54, 1.807) is 13.0 Å². The molecule has 0 fully saturated rings. The van der Waals surface area contributed by atoms with E-state index in [0.29, 0.717) is 0 Å². The summed E-state index contributed by atoms with van der Waals surface area (Å²) in [6, 6.07) is 3.23. The average molecular weight is 300 g/mol. The van der Waals surface area contributed by atoms with E-state index >= 15 is 0 Å². The maximum Gasteiger partial charge on any atom is 0.387 e. The van der Waals surface area contributed by atoms with Crippen molar-refractivity contribution in [3.8, 4) is 11.8 Å². The van der Waals surface area contributed by atoms with Gasteiger partial charge in [0.25, 0.3) is 5.69 Å². The number of nitro benzene ring substituents is 1. The van der Waals surface area contributed by atoms with Gasteiger partial charge in [-0.25, -0.2) is 0 Å². The molecule has 0 spiro atoms. The van der Waals surface area contributed by atoms with Crippen molar-refractivity contribution in [1.82, 2.24) is 0 Å². The normalized spacial score (nSPS) is 10.0. The van der Waals surface area contributed by atoms with Crippen molar-refractivity contribution in [2.45, 2.75) is 20.0 Å². The topological polar surface area (TPSA) is 102 Å². The number of nitrogens with zero attached hydrogens (tertiary/aromatic N) is 2. The third kappa shape index (κ3) is 4.38. The minimum Gasteiger partial charge on any atom is -0.466 e. The van der Waals surface area contributed by atoms with Gasteiger partial charge in [0.1, 0.15) is 5.75 Å². The van der Waals surface area contributed by atoms with Crippen LogP contribution in [0.4, 0.5) is 14.5 Å². The van der Waals surface area contributed by atoms with Gasteiger partial charge in [-0.1, -0.05) is 0 Å². The number of carbonyl (C=O) groups is 1. The number of ether oxygens (including phenoxy) is 2. The monoisotopic (exact) mass is 300 g/mol. The van der Waals surface area contributed by atoms with Gasteiger partial charge in [-0.15, -0.1) is 0 Å². The molecule has 7 nitrogen and oxygen atoms in total. The molecule has 0 amide bonds. The lowest BCUT2D eigenvalue weighted by Crippen LogP contribution is -2.12. The van der Waals surface area contributed by atoms with Crippen LogP contribution in [-0.2, 0) is 16.0 Å². The maximum absolute atomic E-state index is 12.4. The lowest BCUT2D eigenvalue weighted by atomic mass is 10.0. The fraction of sp³-hybridized carbons (Fsp3) is 0.333. The summed E-state index contributed by atoms with van der Waals surface area (Å²) < 4.78 is 33.5. The summed E-state index contributed by atoms with van der Waals surface area (Å²) in [7, 11) is 0. The molecule has 0 heterocycles. The molecule has 21 heavy (non-hydrogen) atoms. The molecule has 112 valence electrons. The van der Waals surface area contributed by atoms with Crippen molar-refractivity contribution in [3.63, 3.8) is 0 Å². The number of nitro groups is 1. The predicted octanol–water partition coefficient (Wildman–Crippen LogP) is 2.17. The summed E-state index contributed by atoms with van der Waals surface area (Å²) in [5, 5.41) is 19.7. The standard InChI is InChI=1S/C12H10F2N2O5/c1-2-20-11(17)5-9-7(6-15)3-8(16(18)19)4-10(9)21-12(13)14/h3-4,12H,2,5H2,1H3. The molecule has 0 atom stereocenters. The van der Waals surface area contributed by atoms with Crippen LogP contribution in [0.2, 0.25) is 0 Å². The molecule has 1 rings (SSSR count). The van der Waals surface area contributed by atoms with Crippen LogP contribution in [0.1, 0.15) is 18.1 Å². The number of rotatable bonds is 6. The molecule has 9 heteroatoms. The van der Waals surface area contributed by atoms with Crippen LogP contribution in [-0.4, -0.2) is 24.1 Å². The molecule has 0 aliphatic rings. The second kappa shape index (κ2) is 7.14. The Kier molecular flexibility index (Phi) is 5.54. The molecule has 0 unspecified atom stereocenters. The van der Waals surface area contributed by atoms with Crippen molar-refractivity contribution in [2.75, 3.05) is 6.61 Å². The molecule has 0 aliphatic heterocycles. The van der Waals surface area contributed by atoms with Crippen LogP contribution < -0.4 is 4.74 Å². The van der Waals surface area contributed by atoms with Crippen molar-refractivity contribution in [3.05, 3.63) is 33.4 Å². The zero-order valence-electron chi connectivity index (χ0n) is 10.8. The van der Waals surface area contributed by atoms with Crippen LogP contribution in [0, 0.1) is 21.4 Å². The highest BCUT2D eigenvalue weighted by Crippen LogP contribution is 2.30. The molecule has 0 saturated carbocycles. The van der Waals surface area contributed by atoms with E-state index < -0.39 is 35.4 Å². The van der Waals surface area contributed by atoms with Gasteiger partial charge in [-0.3, -0.25) is 14.9 Å². The van der Waals surface area contributed by atoms with Gasteiger partial charge in [0, 0.05) is 11.6 Å². The van der Waals surface area contributed by atoms with Gasteiger partial charge >= 0.3 is 12.6 Å². The fourth-order valence-electron chi connectivity index (χ4n) is 1.58. The summed E-state index contributed by atoms with van der Waals surface area (Å²) in [4.78, 5) is 21.3. The lowest BCUT2D eigenvalue weighted by Gasteiger charge is -2.11. The number of nitriles is 1. The van der Waals surface area contributed by atoms with Crippen molar-refractivity contribution in [1.29, 1.82) is 5.26 Å². The third-order valence-corrected chi connectivity index (χ3v) is 2.37. The molecular formula is C12H10F2N2O5. The van der Waals surface area contributed by atoms with E-state index in [4.69, 9.17) is 5.26 Å². The number of alkyl halides is 2. The van der Waals surface area contributed by atoms with Crippen LogP contribution in [0.15, 0.2) is 12.1 Å². The Labute approximate surface area is 117 Å². The van der Waals surface area contributed by atoms with Gasteiger partial charge in [-0.2, -0.15) is 14.0 Å². The average Bonchev–Trinajstić information content (AvgIpc) is 2.39. The van der Waals surface area contributed by atoms with Crippen LogP contribution in [0.3, 0.4) is 0 Å². The number of benzene rings is 1. The van der Waals surface area contributed by atoms with E-state index in [1.165, 1.54) is 0 Å². The molecule has 0 bridgehead atoms. The Hall–Kier alpha value is -2.76. The summed E-state index contributed by atoms with van der Waals surface area (Å²) >= 11 is 0. The molecule has 1 aromatic rings. The SMILES string of the molecule is CCOC(=O)Cc1c(C#N)cc([N+](=O)[O-])cc1OC(F)F. The largest absolute Gasteiger partial charge is 0.466 e. The van der Waals surface area contributed by atoms with E-state index in [-0.39, 0.29) is 17.7 Å². The molecular weight excluding hydrogens is 290 g/mol. The van der Waals surface area contributed by atoms with Gasteiger partial charge in [-0.05, 0) is 6.92 Å². The van der Waals surface area contributed by atoms with Crippen molar-refractivity contribution in [2.24, 2.45) is 0 Å². The Bertz CT molecular complexity index is 598. The second-order valence-corrected chi connectivity index (χ2v) is 3.70. The molecule has 0 saturated heterocycles. The Balaban J connectivity index is 3.33. The summed E-state index contributed by atoms with van der Waals surface area (Å²) in [5.41, 5.74) is -1.07. The van der Waals surface area contributed by atoms with Crippen LogP contribution in [0.5, 0.6) is 5.75 Å². The molecule has 1 aromatic carbocycles.